The van der Waals surface area contributed by atoms with E-state index in [1.54, 1.807) is 7.11 Å². The van der Waals surface area contributed by atoms with Crippen LogP contribution in [0, 0.1) is 11.8 Å². The van der Waals surface area contributed by atoms with Crippen LogP contribution in [0.2, 0.25) is 5.04 Å². The molecule has 0 aromatic heterocycles. The van der Waals surface area contributed by atoms with Crippen LogP contribution < -0.4 is 15.1 Å². The maximum Gasteiger partial charge on any atom is 0.261 e. The van der Waals surface area contributed by atoms with E-state index in [9.17, 15) is 4.79 Å². The van der Waals surface area contributed by atoms with Gasteiger partial charge in [0.05, 0.1) is 19.8 Å². The van der Waals surface area contributed by atoms with Crippen LogP contribution in [-0.2, 0) is 20.6 Å². The molecule has 0 saturated carbocycles. The number of allylic oxidation sites excluding steroid dienone is 1. The van der Waals surface area contributed by atoms with Gasteiger partial charge in [-0.3, -0.25) is 0 Å². The monoisotopic (exact) mass is 528 g/mol. The highest BCUT2D eigenvalue weighted by atomic mass is 28.4. The van der Waals surface area contributed by atoms with Gasteiger partial charge < -0.3 is 18.7 Å². The van der Waals surface area contributed by atoms with E-state index in [0.717, 1.165) is 24.0 Å². The number of hydrogen-bond acceptors (Lipinski definition) is 4. The normalized spacial score (nSPS) is 19.4. The highest BCUT2D eigenvalue weighted by Gasteiger charge is 2.50. The Labute approximate surface area is 228 Å². The van der Waals surface area contributed by atoms with Crippen LogP contribution in [0.3, 0.4) is 0 Å². The number of aldehydes is 1. The second-order valence-corrected chi connectivity index (χ2v) is 15.3. The van der Waals surface area contributed by atoms with E-state index >= 15 is 0 Å². The van der Waals surface area contributed by atoms with Crippen molar-refractivity contribution in [1.82, 2.24) is 0 Å². The van der Waals surface area contributed by atoms with E-state index in [1.807, 2.05) is 24.3 Å². The van der Waals surface area contributed by atoms with Gasteiger partial charge in [-0.2, -0.15) is 0 Å². The molecule has 1 aliphatic carbocycles. The highest BCUT2D eigenvalue weighted by molar-refractivity contribution is 6.99. The standard InChI is InChI=1S/C33H40O4Si/c1-33(2,3)38(29-11-7-5-8-12-29,30-13-9-6-10-14-30)37-24-22-27-17-20-32(31(27)21-23-34)36-25-26-15-18-28(35-4)19-16-26/h5-20,23,27,31-32H,21-22,24-25H2,1-4H3/t27-,31-,32-/m0/s1. The van der Waals surface area contributed by atoms with E-state index in [-0.39, 0.29) is 23.0 Å². The third-order valence-electron chi connectivity index (χ3n) is 7.68. The Morgan fingerprint density at radius 1 is 0.842 bits per heavy atom. The third-order valence-corrected chi connectivity index (χ3v) is 12.7. The number of carbonyl (C=O) groups excluding carboxylic acids is 1. The van der Waals surface area contributed by atoms with E-state index in [4.69, 9.17) is 13.9 Å². The molecule has 3 atom stereocenters. The SMILES string of the molecule is COc1ccc(CO[C@H]2C=C[C@@H](CCO[Si](c3ccccc3)(c3ccccc3)C(C)(C)C)[C@@H]2CC=O)cc1. The zero-order chi connectivity index (χ0) is 27.0. The van der Waals surface area contributed by atoms with Crippen LogP contribution in [0.25, 0.3) is 0 Å². The second kappa shape index (κ2) is 12.7. The van der Waals surface area contributed by atoms with Gasteiger partial charge in [0.25, 0.3) is 8.32 Å². The van der Waals surface area contributed by atoms with Gasteiger partial charge >= 0.3 is 0 Å². The average molecular weight is 529 g/mol. The summed E-state index contributed by atoms with van der Waals surface area (Å²) in [7, 11) is -0.918. The molecular weight excluding hydrogens is 488 g/mol. The number of methoxy groups -OCH3 is 1. The van der Waals surface area contributed by atoms with Crippen molar-refractivity contribution in [2.24, 2.45) is 11.8 Å². The molecule has 38 heavy (non-hydrogen) atoms. The summed E-state index contributed by atoms with van der Waals surface area (Å²) in [5.41, 5.74) is 1.09. The Hall–Kier alpha value is -2.99. The van der Waals surface area contributed by atoms with Gasteiger partial charge in [0, 0.05) is 18.9 Å². The van der Waals surface area contributed by atoms with Crippen molar-refractivity contribution in [3.8, 4) is 5.75 Å². The van der Waals surface area contributed by atoms with E-state index in [1.165, 1.54) is 10.4 Å². The fourth-order valence-electron chi connectivity index (χ4n) is 5.71. The highest BCUT2D eigenvalue weighted by Crippen LogP contribution is 2.38. The number of ether oxygens (including phenoxy) is 2. The zero-order valence-electron chi connectivity index (χ0n) is 23.0. The predicted molar refractivity (Wildman–Crippen MR) is 157 cm³/mol. The van der Waals surface area contributed by atoms with Crippen molar-refractivity contribution in [3.63, 3.8) is 0 Å². The van der Waals surface area contributed by atoms with Crippen LogP contribution in [0.4, 0.5) is 0 Å². The molecule has 0 radical (unpaired) electrons. The molecule has 0 aliphatic heterocycles. The van der Waals surface area contributed by atoms with E-state index < -0.39 is 8.32 Å². The summed E-state index contributed by atoms with van der Waals surface area (Å²) in [5, 5.41) is 2.50. The minimum atomic E-state index is -2.58. The van der Waals surface area contributed by atoms with Crippen LogP contribution in [0.5, 0.6) is 5.75 Å². The van der Waals surface area contributed by atoms with E-state index in [2.05, 4.69) is 93.6 Å². The Balaban J connectivity index is 1.47. The van der Waals surface area contributed by atoms with Gasteiger partial charge in [-0.25, -0.2) is 0 Å². The summed E-state index contributed by atoms with van der Waals surface area (Å²) in [6.45, 7) is 8.02. The second-order valence-electron chi connectivity index (χ2n) is 11.0. The topological polar surface area (TPSA) is 44.8 Å². The molecule has 1 aliphatic rings. The third kappa shape index (κ3) is 6.17. The number of carbonyl (C=O) groups is 1. The first-order valence-electron chi connectivity index (χ1n) is 13.5. The maximum atomic E-state index is 11.6. The van der Waals surface area contributed by atoms with Crippen LogP contribution in [0.15, 0.2) is 97.1 Å². The summed E-state index contributed by atoms with van der Waals surface area (Å²) in [6, 6.07) is 29.4. The summed E-state index contributed by atoms with van der Waals surface area (Å²) < 4.78 is 18.6. The molecule has 0 spiro atoms. The average Bonchev–Trinajstić information content (AvgIpc) is 3.32. The quantitative estimate of drug-likeness (QED) is 0.166. The smallest absolute Gasteiger partial charge is 0.261 e. The Morgan fingerprint density at radius 2 is 1.45 bits per heavy atom. The van der Waals surface area contributed by atoms with Gasteiger partial charge in [-0.15, -0.1) is 0 Å². The number of hydrogen-bond donors (Lipinski definition) is 0. The zero-order valence-corrected chi connectivity index (χ0v) is 24.0. The van der Waals surface area contributed by atoms with Gasteiger partial charge in [0.2, 0.25) is 0 Å². The van der Waals surface area contributed by atoms with Crippen molar-refractivity contribution in [2.45, 2.75) is 51.4 Å². The fourth-order valence-corrected chi connectivity index (χ4v) is 10.3. The lowest BCUT2D eigenvalue weighted by molar-refractivity contribution is -0.110. The van der Waals surface area contributed by atoms with Crippen LogP contribution in [0.1, 0.15) is 39.2 Å². The first-order chi connectivity index (χ1) is 18.4. The molecule has 5 heteroatoms. The molecule has 4 nitrogen and oxygen atoms in total. The van der Waals surface area contributed by atoms with Crippen molar-refractivity contribution in [2.75, 3.05) is 13.7 Å². The van der Waals surface area contributed by atoms with Gasteiger partial charge in [-0.1, -0.05) is 106 Å². The Bertz CT molecular complexity index is 1130. The molecule has 4 rings (SSSR count). The molecule has 3 aromatic rings. The lowest BCUT2D eigenvalue weighted by atomic mass is 9.89. The van der Waals surface area contributed by atoms with Crippen molar-refractivity contribution in [1.29, 1.82) is 0 Å². The summed E-state index contributed by atoms with van der Waals surface area (Å²) in [4.78, 5) is 11.6. The fraction of sp³-hybridized carbons (Fsp3) is 0.364. The molecular formula is C33H40O4Si. The summed E-state index contributed by atoms with van der Waals surface area (Å²) in [6.07, 6.45) is 6.62. The molecule has 0 heterocycles. The minimum absolute atomic E-state index is 0.0621. The molecule has 0 amide bonds. The van der Waals surface area contributed by atoms with Crippen molar-refractivity contribution < 1.29 is 18.7 Å². The number of rotatable bonds is 12. The number of benzene rings is 3. The largest absolute Gasteiger partial charge is 0.497 e. The molecule has 0 bridgehead atoms. The van der Waals surface area contributed by atoms with Crippen molar-refractivity contribution in [3.05, 3.63) is 103 Å². The summed E-state index contributed by atoms with van der Waals surface area (Å²) in [5.74, 6) is 1.18. The Morgan fingerprint density at radius 3 is 1.97 bits per heavy atom. The minimum Gasteiger partial charge on any atom is -0.497 e. The molecule has 200 valence electrons. The van der Waals surface area contributed by atoms with Gasteiger partial charge in [0.15, 0.2) is 0 Å². The Kier molecular flexibility index (Phi) is 9.37. The maximum absolute atomic E-state index is 11.6. The van der Waals surface area contributed by atoms with Crippen LogP contribution >= 0.6 is 0 Å². The molecule has 3 aromatic carbocycles. The van der Waals surface area contributed by atoms with Crippen LogP contribution in [-0.4, -0.2) is 34.4 Å². The van der Waals surface area contributed by atoms with Gasteiger partial charge in [0.1, 0.15) is 12.0 Å². The molecule has 0 saturated heterocycles. The van der Waals surface area contributed by atoms with Crippen molar-refractivity contribution >= 4 is 25.0 Å². The predicted octanol–water partition coefficient (Wildman–Crippen LogP) is 5.94. The summed E-state index contributed by atoms with van der Waals surface area (Å²) >= 11 is 0. The first kappa shape index (κ1) is 28.0. The molecule has 0 fully saturated rings. The molecule has 0 N–H and O–H groups in total. The van der Waals surface area contributed by atoms with Gasteiger partial charge in [-0.05, 0) is 45.4 Å². The lowest BCUT2D eigenvalue weighted by Gasteiger charge is -2.43. The van der Waals surface area contributed by atoms with E-state index in [0.29, 0.717) is 19.6 Å². The first-order valence-corrected chi connectivity index (χ1v) is 15.4. The lowest BCUT2D eigenvalue weighted by Crippen LogP contribution is -2.66. The molecule has 0 unspecified atom stereocenters.